The molecule has 0 unspecified atom stereocenters. The van der Waals surface area contributed by atoms with Crippen molar-refractivity contribution in [2.45, 2.75) is 71.2 Å². The van der Waals surface area contributed by atoms with E-state index in [1.165, 1.54) is 48.8 Å². The minimum atomic E-state index is -4.21. The quantitative estimate of drug-likeness (QED) is 0.121. The Kier molecular flexibility index (Phi) is 13.8. The van der Waals surface area contributed by atoms with Crippen LogP contribution in [0.2, 0.25) is 10.0 Å². The van der Waals surface area contributed by atoms with E-state index in [1.54, 1.807) is 20.8 Å². The predicted molar refractivity (Wildman–Crippen MR) is 202 cm³/mol. The summed E-state index contributed by atoms with van der Waals surface area (Å²) < 4.78 is 80.2. The number of ether oxygens (including phenoxy) is 5. The summed E-state index contributed by atoms with van der Waals surface area (Å²) >= 11 is 13.5. The molecule has 0 aliphatic heterocycles. The summed E-state index contributed by atoms with van der Waals surface area (Å²) in [5.41, 5.74) is -0.280. The van der Waals surface area contributed by atoms with E-state index >= 15 is 0 Å². The fourth-order valence-corrected chi connectivity index (χ4v) is 7.10. The molecule has 1 amide bonds. The number of hydrogen-bond acceptors (Lipinski definition) is 11. The zero-order chi connectivity index (χ0) is 40.1. The minimum absolute atomic E-state index is 0.0224. The van der Waals surface area contributed by atoms with Gasteiger partial charge in [0.25, 0.3) is 0 Å². The molecule has 1 N–H and O–H groups in total. The van der Waals surface area contributed by atoms with E-state index in [2.05, 4.69) is 9.72 Å². The lowest BCUT2D eigenvalue weighted by Gasteiger charge is -2.27. The number of anilines is 1. The average Bonchev–Trinajstić information content (AvgIpc) is 4.02. The lowest BCUT2D eigenvalue weighted by molar-refractivity contribution is -0.377. The third-order valence-corrected chi connectivity index (χ3v) is 10.7. The Hall–Kier alpha value is -3.86. The van der Waals surface area contributed by atoms with Crippen LogP contribution < -0.4 is 23.5 Å². The molecule has 0 radical (unpaired) electrons. The number of halogens is 4. The van der Waals surface area contributed by atoms with E-state index in [0.29, 0.717) is 39.7 Å². The van der Waals surface area contributed by atoms with E-state index in [1.807, 2.05) is 0 Å². The molecule has 12 nitrogen and oxygen atoms in total. The van der Waals surface area contributed by atoms with Crippen molar-refractivity contribution in [3.05, 3.63) is 75.5 Å². The summed E-state index contributed by atoms with van der Waals surface area (Å²) in [5, 5.41) is -0.0658. The van der Waals surface area contributed by atoms with Crippen LogP contribution in [0.1, 0.15) is 74.0 Å². The second-order valence-corrected chi connectivity index (χ2v) is 17.8. The Labute approximate surface area is 332 Å². The molecule has 18 heteroatoms. The van der Waals surface area contributed by atoms with E-state index < -0.39 is 51.3 Å². The highest BCUT2D eigenvalue weighted by atomic mass is 35.5. The third-order valence-electron chi connectivity index (χ3n) is 8.18. The van der Waals surface area contributed by atoms with Gasteiger partial charge in [0, 0.05) is 17.5 Å². The number of carbonyl (C=O) groups is 3. The summed E-state index contributed by atoms with van der Waals surface area (Å²) in [6.45, 7) is 2.20. The van der Waals surface area contributed by atoms with Crippen molar-refractivity contribution in [1.82, 2.24) is 0 Å². The largest absolute Gasteiger partial charge is 0.491 e. The molecular weight excluding hydrogens is 805 g/mol. The Morgan fingerprint density at radius 1 is 0.927 bits per heavy atom. The van der Waals surface area contributed by atoms with Crippen LogP contribution in [0, 0.1) is 11.8 Å². The van der Waals surface area contributed by atoms with Crippen LogP contribution in [0.3, 0.4) is 0 Å². The van der Waals surface area contributed by atoms with Gasteiger partial charge in [0.2, 0.25) is 15.1 Å². The molecule has 2 saturated carbocycles. The number of rotatable bonds is 17. The lowest BCUT2D eigenvalue weighted by Crippen LogP contribution is -2.40. The number of nitrogens with zero attached hydrogens (tertiary/aromatic N) is 1. The highest BCUT2D eigenvalue weighted by molar-refractivity contribution is 8.14. The fraction of sp³-hybridized carbons (Fsp3) is 0.459. The van der Waals surface area contributed by atoms with E-state index in [4.69, 9.17) is 42.1 Å². The number of amides is 1. The number of sulfonamides is 1. The van der Waals surface area contributed by atoms with Gasteiger partial charge >= 0.3 is 18.7 Å². The molecule has 5 rings (SSSR count). The van der Waals surface area contributed by atoms with Crippen LogP contribution in [0.25, 0.3) is 0 Å². The molecule has 1 heterocycles. The number of aromatic nitrogens is 1. The number of carbonyl (C=O) groups excluding carboxylic acids is 3. The Balaban J connectivity index is 1.36. The molecule has 2 fully saturated rings. The van der Waals surface area contributed by atoms with Crippen LogP contribution in [-0.4, -0.2) is 63.0 Å². The molecule has 2 aliphatic rings. The molecule has 0 bridgehead atoms. The first-order valence-electron chi connectivity index (χ1n) is 17.3. The smallest absolute Gasteiger partial charge is 0.429 e. The number of aromatic amines is 1. The molecular formula is C37H41Cl2F2N2O10S2+. The normalized spacial score (nSPS) is 14.9. The number of H-pyrrole nitrogens is 1. The van der Waals surface area contributed by atoms with Gasteiger partial charge in [-0.15, -0.1) is 0 Å². The maximum atomic E-state index is 13.4. The van der Waals surface area contributed by atoms with Crippen LogP contribution in [0.5, 0.6) is 17.2 Å². The van der Waals surface area contributed by atoms with Gasteiger partial charge in [-0.3, -0.25) is 9.59 Å². The average molecular weight is 847 g/mol. The van der Waals surface area contributed by atoms with E-state index in [0.717, 1.165) is 31.9 Å². The highest BCUT2D eigenvalue weighted by Gasteiger charge is 2.34. The number of hydrogen-bond donors (Lipinski definition) is 0. The fourth-order valence-electron chi connectivity index (χ4n) is 5.14. The van der Waals surface area contributed by atoms with Crippen LogP contribution >= 0.6 is 35.0 Å². The molecule has 0 spiro atoms. The number of pyridine rings is 1. The summed E-state index contributed by atoms with van der Waals surface area (Å²) in [7, 11) is -4.21. The molecule has 2 aliphatic carbocycles. The third kappa shape index (κ3) is 12.6. The second kappa shape index (κ2) is 17.9. The Bertz CT molecular complexity index is 1990. The van der Waals surface area contributed by atoms with Crippen molar-refractivity contribution in [2.24, 2.45) is 11.8 Å². The van der Waals surface area contributed by atoms with Gasteiger partial charge in [0.05, 0.1) is 25.2 Å². The first-order chi connectivity index (χ1) is 25.9. The Morgan fingerprint density at radius 3 is 2.11 bits per heavy atom. The van der Waals surface area contributed by atoms with Gasteiger partial charge < -0.3 is 23.7 Å². The van der Waals surface area contributed by atoms with Crippen LogP contribution in [0.15, 0.2) is 48.8 Å². The molecule has 298 valence electrons. The topological polar surface area (TPSA) is 149 Å². The molecule has 0 saturated heterocycles. The summed E-state index contributed by atoms with van der Waals surface area (Å²) in [6, 6.07) is 8.10. The van der Waals surface area contributed by atoms with Crippen LogP contribution in [-0.2, 0) is 30.7 Å². The number of nitrogens with one attached hydrogen (secondary N) is 1. The zero-order valence-electron chi connectivity index (χ0n) is 30.4. The van der Waals surface area contributed by atoms with Gasteiger partial charge in [0.1, 0.15) is 33.2 Å². The number of esters is 1. The summed E-state index contributed by atoms with van der Waals surface area (Å²) in [6.07, 6.45) is 5.35. The first-order valence-corrected chi connectivity index (χ1v) is 20.9. The standard InChI is InChI=1S/C37H40Cl2F2N2O10S2/c1-37(2,3)53-36(46)43(55(4,47)48)28-11-9-24(14-31(28)49-18-21-5-6-21)34(45)54-20-33(44)51-30(15-25-26(38)16-42-17-27(25)39)23-10-12-29(52-35(40)41)32(13-23)50-19-22-7-8-22/h9-14,16-17,21-22,30,35H,5-8,15,18-20H2,1-4H3/p+1/t30-/m0/s1. The van der Waals surface area contributed by atoms with E-state index in [9.17, 15) is 31.6 Å². The van der Waals surface area contributed by atoms with Crippen molar-refractivity contribution in [3.8, 4) is 17.2 Å². The molecule has 2 aromatic carbocycles. The van der Waals surface area contributed by atoms with Gasteiger partial charge in [-0.1, -0.05) is 41.0 Å². The minimum Gasteiger partial charge on any atom is -0.491 e. The molecule has 1 aromatic heterocycles. The first kappa shape index (κ1) is 42.3. The lowest BCUT2D eigenvalue weighted by atomic mass is 10.0. The van der Waals surface area contributed by atoms with Crippen molar-refractivity contribution in [3.63, 3.8) is 0 Å². The van der Waals surface area contributed by atoms with Gasteiger partial charge in [-0.05, 0) is 94.2 Å². The maximum absolute atomic E-state index is 13.4. The number of thioether (sulfide) groups is 1. The highest BCUT2D eigenvalue weighted by Crippen LogP contribution is 2.39. The van der Waals surface area contributed by atoms with Gasteiger partial charge in [-0.2, -0.15) is 13.1 Å². The van der Waals surface area contributed by atoms with Crippen LogP contribution in [0.4, 0.5) is 19.3 Å². The van der Waals surface area contributed by atoms with Crippen molar-refractivity contribution < 1.29 is 60.3 Å². The van der Waals surface area contributed by atoms with E-state index in [-0.39, 0.29) is 57.5 Å². The number of benzene rings is 2. The predicted octanol–water partition coefficient (Wildman–Crippen LogP) is 8.09. The number of alkyl halides is 2. The van der Waals surface area contributed by atoms with Gasteiger partial charge in [0.15, 0.2) is 23.9 Å². The molecule has 55 heavy (non-hydrogen) atoms. The van der Waals surface area contributed by atoms with Crippen molar-refractivity contribution >= 4 is 67.9 Å². The maximum Gasteiger partial charge on any atom is 0.429 e. The van der Waals surface area contributed by atoms with Gasteiger partial charge in [-0.25, -0.2) is 18.2 Å². The molecule has 1 atom stereocenters. The van der Waals surface area contributed by atoms with Crippen molar-refractivity contribution in [1.29, 1.82) is 0 Å². The second-order valence-electron chi connectivity index (χ2n) is 14.2. The monoisotopic (exact) mass is 845 g/mol. The SMILES string of the molecule is CC(C)(C)OC(=O)N(c1ccc(C(=O)SCC(=O)O[C@@H](Cc2c(Cl)c[nH+]cc2Cl)c2ccc(OC(F)F)c(OCC3CC3)c2)cc1OCC1CC1)S(C)(=O)=O. The zero-order valence-corrected chi connectivity index (χ0v) is 33.6. The summed E-state index contributed by atoms with van der Waals surface area (Å²) in [5.74, 6) is -0.905. The Morgan fingerprint density at radius 2 is 1.55 bits per heavy atom. The summed E-state index contributed by atoms with van der Waals surface area (Å²) in [4.78, 5) is 42.7. The van der Waals surface area contributed by atoms with Crippen molar-refractivity contribution in [2.75, 3.05) is 29.5 Å². The molecule has 3 aromatic rings.